The summed E-state index contributed by atoms with van der Waals surface area (Å²) in [6.07, 6.45) is 4.58. The third kappa shape index (κ3) is 3.96. The zero-order valence-electron chi connectivity index (χ0n) is 17.5. The van der Waals surface area contributed by atoms with Crippen molar-refractivity contribution in [2.75, 3.05) is 31.1 Å². The van der Waals surface area contributed by atoms with E-state index in [-0.39, 0.29) is 18.0 Å². The molecule has 2 aliphatic rings. The number of hydrogen-bond acceptors (Lipinski definition) is 5. The van der Waals surface area contributed by atoms with Crippen LogP contribution in [-0.4, -0.2) is 46.5 Å². The van der Waals surface area contributed by atoms with Crippen molar-refractivity contribution in [2.45, 2.75) is 32.7 Å². The van der Waals surface area contributed by atoms with E-state index < -0.39 is 0 Å². The molecule has 0 N–H and O–H groups in total. The van der Waals surface area contributed by atoms with Gasteiger partial charge < -0.3 is 9.80 Å². The van der Waals surface area contributed by atoms with Gasteiger partial charge in [0.1, 0.15) is 11.4 Å². The third-order valence-corrected chi connectivity index (χ3v) is 7.79. The summed E-state index contributed by atoms with van der Waals surface area (Å²) >= 11 is 7.74. The third-order valence-electron chi connectivity index (χ3n) is 6.39. The average molecular weight is 457 g/mol. The first-order valence-corrected chi connectivity index (χ1v) is 12.0. The highest BCUT2D eigenvalue weighted by molar-refractivity contribution is 7.18. The number of piperazine rings is 1. The van der Waals surface area contributed by atoms with Crippen LogP contribution in [0.3, 0.4) is 0 Å². The second kappa shape index (κ2) is 8.28. The molecule has 1 saturated heterocycles. The molecule has 1 amide bonds. The maximum Gasteiger partial charge on any atom is 0.262 e. The summed E-state index contributed by atoms with van der Waals surface area (Å²) in [7, 11) is 0. The largest absolute Gasteiger partial charge is 0.368 e. The molecule has 1 aliphatic carbocycles. The van der Waals surface area contributed by atoms with E-state index >= 15 is 0 Å². The van der Waals surface area contributed by atoms with Crippen LogP contribution in [0.4, 0.5) is 5.69 Å². The SMILES string of the molecule is CC1CCc2c(sc3ncn(CC(=O)N4CCN(c5cccc(Cl)c5)CC4)c(=O)c23)C1. The van der Waals surface area contributed by atoms with Gasteiger partial charge >= 0.3 is 0 Å². The normalized spacial score (nSPS) is 19.0. The molecule has 1 unspecified atom stereocenters. The van der Waals surface area contributed by atoms with E-state index in [0.29, 0.717) is 24.0 Å². The average Bonchev–Trinajstić information content (AvgIpc) is 3.14. The molecule has 8 heteroatoms. The Hall–Kier alpha value is -2.38. The standard InChI is InChI=1S/C23H25ClN4O2S/c1-15-5-6-18-19(11-15)31-22-21(18)23(30)28(14-25-22)13-20(29)27-9-7-26(8-10-27)17-4-2-3-16(24)12-17/h2-4,12,14-15H,5-11,13H2,1H3. The number of nitrogens with zero attached hydrogens (tertiary/aromatic N) is 4. The topological polar surface area (TPSA) is 58.4 Å². The predicted molar refractivity (Wildman–Crippen MR) is 125 cm³/mol. The van der Waals surface area contributed by atoms with Gasteiger partial charge in [-0.15, -0.1) is 11.3 Å². The first kappa shape index (κ1) is 20.5. The molecule has 1 atom stereocenters. The Kier molecular flexibility index (Phi) is 5.48. The van der Waals surface area contributed by atoms with Gasteiger partial charge in [0.25, 0.3) is 5.56 Å². The van der Waals surface area contributed by atoms with E-state index in [1.165, 1.54) is 15.8 Å². The Bertz CT molecular complexity index is 1200. The molecule has 3 aromatic rings. The van der Waals surface area contributed by atoms with Gasteiger partial charge in [0, 0.05) is 41.8 Å². The van der Waals surface area contributed by atoms with Crippen LogP contribution in [0.15, 0.2) is 35.4 Å². The number of hydrogen-bond donors (Lipinski definition) is 0. The summed E-state index contributed by atoms with van der Waals surface area (Å²) in [4.78, 5) is 36.8. The summed E-state index contributed by atoms with van der Waals surface area (Å²) in [6, 6.07) is 7.78. The molecule has 1 aliphatic heterocycles. The molecule has 0 saturated carbocycles. The van der Waals surface area contributed by atoms with Crippen molar-refractivity contribution in [2.24, 2.45) is 5.92 Å². The number of carbonyl (C=O) groups is 1. The fourth-order valence-corrected chi connectivity index (χ4v) is 6.14. The lowest BCUT2D eigenvalue weighted by Gasteiger charge is -2.36. The second-order valence-electron chi connectivity index (χ2n) is 8.56. The van der Waals surface area contributed by atoms with E-state index in [9.17, 15) is 9.59 Å². The molecule has 162 valence electrons. The van der Waals surface area contributed by atoms with Gasteiger partial charge in [-0.1, -0.05) is 24.6 Å². The van der Waals surface area contributed by atoms with Gasteiger partial charge in [0.15, 0.2) is 0 Å². The van der Waals surface area contributed by atoms with E-state index in [0.717, 1.165) is 53.8 Å². The van der Waals surface area contributed by atoms with Crippen LogP contribution in [0.25, 0.3) is 10.2 Å². The Morgan fingerprint density at radius 1 is 1.26 bits per heavy atom. The number of fused-ring (bicyclic) bond motifs is 3. The molecule has 0 bridgehead atoms. The van der Waals surface area contributed by atoms with Crippen LogP contribution in [0, 0.1) is 5.92 Å². The first-order valence-electron chi connectivity index (χ1n) is 10.8. The molecule has 5 rings (SSSR count). The number of rotatable bonds is 3. The highest BCUT2D eigenvalue weighted by Crippen LogP contribution is 2.35. The second-order valence-corrected chi connectivity index (χ2v) is 10.1. The molecule has 31 heavy (non-hydrogen) atoms. The van der Waals surface area contributed by atoms with Gasteiger partial charge in [-0.05, 0) is 48.9 Å². The molecule has 2 aromatic heterocycles. The highest BCUT2D eigenvalue weighted by Gasteiger charge is 2.25. The van der Waals surface area contributed by atoms with Crippen LogP contribution >= 0.6 is 22.9 Å². The van der Waals surface area contributed by atoms with E-state index in [2.05, 4.69) is 16.8 Å². The number of aryl methyl sites for hydroxylation is 1. The number of halogens is 1. The van der Waals surface area contributed by atoms with Gasteiger partial charge in [-0.3, -0.25) is 14.2 Å². The van der Waals surface area contributed by atoms with Crippen LogP contribution < -0.4 is 10.5 Å². The lowest BCUT2D eigenvalue weighted by atomic mass is 9.89. The van der Waals surface area contributed by atoms with E-state index in [1.807, 2.05) is 29.2 Å². The molecule has 1 aromatic carbocycles. The molecule has 0 spiro atoms. The summed E-state index contributed by atoms with van der Waals surface area (Å²) in [5.74, 6) is 0.613. The minimum absolute atomic E-state index is 0.0355. The number of aromatic nitrogens is 2. The molecule has 0 radical (unpaired) electrons. The van der Waals surface area contributed by atoms with Gasteiger partial charge in [0.2, 0.25) is 5.91 Å². The summed E-state index contributed by atoms with van der Waals surface area (Å²) in [5, 5.41) is 1.44. The molecule has 6 nitrogen and oxygen atoms in total. The zero-order valence-corrected chi connectivity index (χ0v) is 19.1. The van der Waals surface area contributed by atoms with Gasteiger partial charge in [-0.25, -0.2) is 4.98 Å². The number of anilines is 1. The lowest BCUT2D eigenvalue weighted by molar-refractivity contribution is -0.132. The number of carbonyl (C=O) groups excluding carboxylic acids is 1. The maximum atomic E-state index is 13.2. The van der Waals surface area contributed by atoms with Crippen LogP contribution in [0.5, 0.6) is 0 Å². The smallest absolute Gasteiger partial charge is 0.262 e. The predicted octanol–water partition coefficient (Wildman–Crippen LogP) is 3.59. The Labute approximate surface area is 190 Å². The van der Waals surface area contributed by atoms with Crippen LogP contribution in [0.1, 0.15) is 23.8 Å². The van der Waals surface area contributed by atoms with Crippen molar-refractivity contribution in [3.8, 4) is 0 Å². The maximum absolute atomic E-state index is 13.2. The van der Waals surface area contributed by atoms with Crippen molar-refractivity contribution < 1.29 is 4.79 Å². The monoisotopic (exact) mass is 456 g/mol. The summed E-state index contributed by atoms with van der Waals surface area (Å²) < 4.78 is 1.49. The van der Waals surface area contributed by atoms with Gasteiger partial charge in [0.05, 0.1) is 11.7 Å². The number of thiophene rings is 1. The van der Waals surface area contributed by atoms with Crippen molar-refractivity contribution >= 4 is 44.7 Å². The van der Waals surface area contributed by atoms with E-state index in [1.54, 1.807) is 11.3 Å². The minimum atomic E-state index is -0.0806. The molecular formula is C23H25ClN4O2S. The number of amides is 1. The Morgan fingerprint density at radius 2 is 2.06 bits per heavy atom. The van der Waals surface area contributed by atoms with Crippen molar-refractivity contribution in [1.29, 1.82) is 0 Å². The summed E-state index contributed by atoms with van der Waals surface area (Å²) in [6.45, 7) is 5.04. The highest BCUT2D eigenvalue weighted by atomic mass is 35.5. The number of benzene rings is 1. The first-order chi connectivity index (χ1) is 15.0. The fourth-order valence-electron chi connectivity index (χ4n) is 4.61. The molecule has 3 heterocycles. The van der Waals surface area contributed by atoms with Gasteiger partial charge in [-0.2, -0.15) is 0 Å². The quantitative estimate of drug-likeness (QED) is 0.604. The minimum Gasteiger partial charge on any atom is -0.368 e. The van der Waals surface area contributed by atoms with Crippen molar-refractivity contribution in [3.05, 3.63) is 56.4 Å². The Balaban J connectivity index is 1.30. The van der Waals surface area contributed by atoms with E-state index in [4.69, 9.17) is 11.6 Å². The van der Waals surface area contributed by atoms with Crippen molar-refractivity contribution in [3.63, 3.8) is 0 Å². The van der Waals surface area contributed by atoms with Crippen LogP contribution in [0.2, 0.25) is 5.02 Å². The zero-order chi connectivity index (χ0) is 21.5. The summed E-state index contributed by atoms with van der Waals surface area (Å²) in [5.41, 5.74) is 2.15. The fraction of sp³-hybridized carbons (Fsp3) is 0.435. The molecule has 1 fully saturated rings. The van der Waals surface area contributed by atoms with Crippen molar-refractivity contribution in [1.82, 2.24) is 14.5 Å². The van der Waals surface area contributed by atoms with Crippen LogP contribution in [-0.2, 0) is 24.2 Å². The Morgan fingerprint density at radius 3 is 2.84 bits per heavy atom. The lowest BCUT2D eigenvalue weighted by Crippen LogP contribution is -2.50. The molecular weight excluding hydrogens is 432 g/mol.